The number of anilines is 1. The largest absolute Gasteiger partial charge is 0.484 e. The van der Waals surface area contributed by atoms with Gasteiger partial charge in [-0.15, -0.1) is 0 Å². The van der Waals surface area contributed by atoms with Crippen LogP contribution in [0.4, 0.5) is 5.69 Å². The van der Waals surface area contributed by atoms with E-state index < -0.39 is 10.0 Å². The van der Waals surface area contributed by atoms with Crippen LogP contribution in [0.2, 0.25) is 0 Å². The molecule has 1 saturated heterocycles. The fourth-order valence-corrected chi connectivity index (χ4v) is 4.84. The molecule has 0 aliphatic carbocycles. The summed E-state index contributed by atoms with van der Waals surface area (Å²) in [5.41, 5.74) is 2.82. The number of aryl methyl sites for hydroxylation is 1. The standard InChI is InChI=1S/C26H29N3O4S/c1-21-7-9-23(10-8-21)27-34(31,32)25-13-11-24(12-14-25)33-20-26(30)29-17-15-28(16-18-29)19-22-5-3-2-4-6-22/h2-14,27H,15-20H2,1H3. The maximum atomic E-state index is 12.6. The molecule has 1 aliphatic rings. The Balaban J connectivity index is 1.24. The van der Waals surface area contributed by atoms with E-state index in [1.165, 1.54) is 17.7 Å². The number of piperazine rings is 1. The third-order valence-corrected chi connectivity index (χ3v) is 7.17. The molecule has 1 N–H and O–H groups in total. The zero-order chi connectivity index (χ0) is 24.0. The van der Waals surface area contributed by atoms with Crippen LogP contribution < -0.4 is 9.46 Å². The fraction of sp³-hybridized carbons (Fsp3) is 0.269. The van der Waals surface area contributed by atoms with Crippen LogP contribution in [0.3, 0.4) is 0 Å². The summed E-state index contributed by atoms with van der Waals surface area (Å²) in [5.74, 6) is 0.377. The molecule has 3 aromatic rings. The number of hydrogen-bond donors (Lipinski definition) is 1. The zero-order valence-electron chi connectivity index (χ0n) is 19.2. The second-order valence-electron chi connectivity index (χ2n) is 8.37. The Bertz CT molecular complexity index is 1190. The van der Waals surface area contributed by atoms with Gasteiger partial charge < -0.3 is 9.64 Å². The highest BCUT2D eigenvalue weighted by Gasteiger charge is 2.21. The zero-order valence-corrected chi connectivity index (χ0v) is 20.0. The van der Waals surface area contributed by atoms with Crippen molar-refractivity contribution >= 4 is 21.6 Å². The smallest absolute Gasteiger partial charge is 0.261 e. The van der Waals surface area contributed by atoms with Gasteiger partial charge >= 0.3 is 0 Å². The SMILES string of the molecule is Cc1ccc(NS(=O)(=O)c2ccc(OCC(=O)N3CCN(Cc4ccccc4)CC3)cc2)cc1. The van der Waals surface area contributed by atoms with Gasteiger partial charge in [-0.05, 0) is 48.9 Å². The number of sulfonamides is 1. The van der Waals surface area contributed by atoms with Gasteiger partial charge in [0.15, 0.2) is 6.61 Å². The number of nitrogens with one attached hydrogen (secondary N) is 1. The van der Waals surface area contributed by atoms with E-state index in [1.807, 2.05) is 42.2 Å². The minimum atomic E-state index is -3.70. The van der Waals surface area contributed by atoms with E-state index in [0.29, 0.717) is 24.5 Å². The highest BCUT2D eigenvalue weighted by atomic mass is 32.2. The number of carbonyl (C=O) groups is 1. The van der Waals surface area contributed by atoms with Gasteiger partial charge in [0.25, 0.3) is 15.9 Å². The average Bonchev–Trinajstić information content (AvgIpc) is 2.85. The maximum Gasteiger partial charge on any atom is 0.261 e. The van der Waals surface area contributed by atoms with Crippen LogP contribution in [0, 0.1) is 6.92 Å². The lowest BCUT2D eigenvalue weighted by atomic mass is 10.2. The number of amides is 1. The minimum absolute atomic E-state index is 0.0721. The van der Waals surface area contributed by atoms with Gasteiger partial charge in [0.1, 0.15) is 5.75 Å². The summed E-state index contributed by atoms with van der Waals surface area (Å²) in [5, 5.41) is 0. The van der Waals surface area contributed by atoms with Crippen molar-refractivity contribution in [3.05, 3.63) is 90.0 Å². The second kappa shape index (κ2) is 10.7. The average molecular weight is 480 g/mol. The molecule has 7 nitrogen and oxygen atoms in total. The molecule has 0 saturated carbocycles. The van der Waals surface area contributed by atoms with E-state index in [2.05, 4.69) is 21.8 Å². The number of benzene rings is 3. The first-order valence-electron chi connectivity index (χ1n) is 11.3. The predicted molar refractivity (Wildman–Crippen MR) is 132 cm³/mol. The van der Waals surface area contributed by atoms with Crippen molar-refractivity contribution in [3.63, 3.8) is 0 Å². The molecule has 34 heavy (non-hydrogen) atoms. The van der Waals surface area contributed by atoms with Crippen LogP contribution in [-0.4, -0.2) is 56.9 Å². The summed E-state index contributed by atoms with van der Waals surface area (Å²) in [6, 6.07) is 23.5. The van der Waals surface area contributed by atoms with E-state index in [4.69, 9.17) is 4.74 Å². The lowest BCUT2D eigenvalue weighted by molar-refractivity contribution is -0.135. The van der Waals surface area contributed by atoms with E-state index >= 15 is 0 Å². The number of ether oxygens (including phenoxy) is 1. The van der Waals surface area contributed by atoms with E-state index in [0.717, 1.165) is 25.2 Å². The first-order chi connectivity index (χ1) is 16.4. The number of carbonyl (C=O) groups excluding carboxylic acids is 1. The van der Waals surface area contributed by atoms with Crippen molar-refractivity contribution < 1.29 is 17.9 Å². The monoisotopic (exact) mass is 479 g/mol. The van der Waals surface area contributed by atoms with Crippen molar-refractivity contribution in [1.29, 1.82) is 0 Å². The molecular weight excluding hydrogens is 450 g/mol. The molecule has 0 aromatic heterocycles. The van der Waals surface area contributed by atoms with Crippen molar-refractivity contribution in [2.75, 3.05) is 37.5 Å². The summed E-state index contributed by atoms with van der Waals surface area (Å²) >= 11 is 0. The van der Waals surface area contributed by atoms with Crippen LogP contribution in [0.25, 0.3) is 0 Å². The van der Waals surface area contributed by atoms with E-state index in [-0.39, 0.29) is 17.4 Å². The van der Waals surface area contributed by atoms with Gasteiger partial charge in [-0.3, -0.25) is 14.4 Å². The quantitative estimate of drug-likeness (QED) is 0.535. The van der Waals surface area contributed by atoms with Crippen LogP contribution in [0.5, 0.6) is 5.75 Å². The van der Waals surface area contributed by atoms with Gasteiger partial charge in [0, 0.05) is 38.4 Å². The summed E-state index contributed by atoms with van der Waals surface area (Å²) in [4.78, 5) is 16.8. The second-order valence-corrected chi connectivity index (χ2v) is 10.1. The van der Waals surface area contributed by atoms with Gasteiger partial charge in [-0.2, -0.15) is 0 Å². The van der Waals surface area contributed by atoms with Gasteiger partial charge in [-0.1, -0.05) is 48.0 Å². The Morgan fingerprint density at radius 1 is 0.882 bits per heavy atom. The molecule has 1 aliphatic heterocycles. The molecule has 0 unspecified atom stereocenters. The Morgan fingerprint density at radius 3 is 2.18 bits per heavy atom. The number of hydrogen-bond acceptors (Lipinski definition) is 5. The Kier molecular flexibility index (Phi) is 7.49. The van der Waals surface area contributed by atoms with Crippen molar-refractivity contribution in [1.82, 2.24) is 9.80 Å². The highest BCUT2D eigenvalue weighted by Crippen LogP contribution is 2.20. The molecule has 0 bridgehead atoms. The predicted octanol–water partition coefficient (Wildman–Crippen LogP) is 3.52. The van der Waals surface area contributed by atoms with Crippen molar-refractivity contribution in [2.24, 2.45) is 0 Å². The van der Waals surface area contributed by atoms with Gasteiger partial charge in [-0.25, -0.2) is 8.42 Å². The molecule has 1 amide bonds. The number of nitrogens with zero attached hydrogens (tertiary/aromatic N) is 2. The van der Waals surface area contributed by atoms with Crippen LogP contribution in [0.15, 0.2) is 83.8 Å². The fourth-order valence-electron chi connectivity index (χ4n) is 3.78. The first-order valence-corrected chi connectivity index (χ1v) is 12.7. The summed E-state index contributed by atoms with van der Waals surface area (Å²) in [6.07, 6.45) is 0. The third-order valence-electron chi connectivity index (χ3n) is 5.77. The Labute approximate surface area is 201 Å². The van der Waals surface area contributed by atoms with E-state index in [9.17, 15) is 13.2 Å². The Morgan fingerprint density at radius 2 is 1.53 bits per heavy atom. The number of rotatable bonds is 8. The molecule has 1 fully saturated rings. The van der Waals surface area contributed by atoms with Gasteiger partial charge in [0.2, 0.25) is 0 Å². The van der Waals surface area contributed by atoms with Crippen molar-refractivity contribution in [3.8, 4) is 5.75 Å². The Hall–Kier alpha value is -3.36. The van der Waals surface area contributed by atoms with Crippen molar-refractivity contribution in [2.45, 2.75) is 18.4 Å². The summed E-state index contributed by atoms with van der Waals surface area (Å²) in [7, 11) is -3.70. The molecule has 0 radical (unpaired) electrons. The molecule has 3 aromatic carbocycles. The summed E-state index contributed by atoms with van der Waals surface area (Å²) in [6.45, 7) is 5.71. The first kappa shape index (κ1) is 23.8. The lowest BCUT2D eigenvalue weighted by Crippen LogP contribution is -2.49. The molecule has 178 valence electrons. The maximum absolute atomic E-state index is 12.6. The topological polar surface area (TPSA) is 78.9 Å². The van der Waals surface area contributed by atoms with Crippen LogP contribution >= 0.6 is 0 Å². The highest BCUT2D eigenvalue weighted by molar-refractivity contribution is 7.92. The molecule has 0 atom stereocenters. The summed E-state index contributed by atoms with van der Waals surface area (Å²) < 4.78 is 33.4. The minimum Gasteiger partial charge on any atom is -0.484 e. The molecule has 0 spiro atoms. The molecular formula is C26H29N3O4S. The molecule has 8 heteroatoms. The normalized spacial score (nSPS) is 14.6. The lowest BCUT2D eigenvalue weighted by Gasteiger charge is -2.34. The third kappa shape index (κ3) is 6.36. The molecule has 1 heterocycles. The van der Waals surface area contributed by atoms with Crippen LogP contribution in [-0.2, 0) is 21.4 Å². The van der Waals surface area contributed by atoms with Gasteiger partial charge in [0.05, 0.1) is 4.90 Å². The van der Waals surface area contributed by atoms with E-state index in [1.54, 1.807) is 24.3 Å². The van der Waals surface area contributed by atoms with Crippen LogP contribution in [0.1, 0.15) is 11.1 Å². The molecule has 4 rings (SSSR count).